The molecule has 0 atom stereocenters. The van der Waals surface area contributed by atoms with E-state index in [1.165, 1.54) is 15.4 Å². The molecule has 1 rings (SSSR count). The summed E-state index contributed by atoms with van der Waals surface area (Å²) in [4.78, 5) is 2.41. The van der Waals surface area contributed by atoms with Gasteiger partial charge in [-0.05, 0) is 30.9 Å². The lowest BCUT2D eigenvalue weighted by Gasteiger charge is -2.20. The van der Waals surface area contributed by atoms with E-state index in [-0.39, 0.29) is 0 Å². The maximum Gasteiger partial charge on any atom is 0.0508 e. The summed E-state index contributed by atoms with van der Waals surface area (Å²) in [7, 11) is 0. The van der Waals surface area contributed by atoms with Gasteiger partial charge in [-0.1, -0.05) is 13.8 Å². The number of rotatable bonds is 4. The van der Waals surface area contributed by atoms with Crippen molar-refractivity contribution in [1.29, 1.82) is 0 Å². The van der Waals surface area contributed by atoms with E-state index >= 15 is 0 Å². The molecule has 0 aliphatic heterocycles. The Balaban J connectivity index is 3.61. The number of benzene rings is 1. The Hall–Kier alpha value is -0.480. The zero-order chi connectivity index (χ0) is 12.3. The lowest BCUT2D eigenvalue weighted by Crippen LogP contribution is -2.06. The van der Waals surface area contributed by atoms with Crippen LogP contribution in [0.15, 0.2) is 9.79 Å². The van der Waals surface area contributed by atoms with Crippen LogP contribution in [0.2, 0.25) is 0 Å². The van der Waals surface area contributed by atoms with Crippen LogP contribution in [-0.2, 0) is 12.8 Å². The molecule has 0 unspecified atom stereocenters. The molecule has 90 valence electrons. The molecule has 0 saturated carbocycles. The van der Waals surface area contributed by atoms with Gasteiger partial charge in [0, 0.05) is 15.4 Å². The van der Waals surface area contributed by atoms with E-state index < -0.39 is 0 Å². The molecule has 2 nitrogen and oxygen atoms in total. The largest absolute Gasteiger partial charge is 0.398 e. The molecule has 1 aromatic rings. The minimum absolute atomic E-state index is 0.877. The van der Waals surface area contributed by atoms with Gasteiger partial charge in [0.15, 0.2) is 0 Å². The minimum Gasteiger partial charge on any atom is -0.398 e. The Bertz CT molecular complexity index is 358. The summed E-state index contributed by atoms with van der Waals surface area (Å²) < 4.78 is 0. The highest BCUT2D eigenvalue weighted by Gasteiger charge is 2.17. The smallest absolute Gasteiger partial charge is 0.0508 e. The molecule has 0 aliphatic rings. The third kappa shape index (κ3) is 2.13. The molecule has 1 aromatic carbocycles. The lowest BCUT2D eigenvalue weighted by atomic mass is 10.0. The second-order valence-corrected chi connectivity index (χ2v) is 5.19. The van der Waals surface area contributed by atoms with Crippen molar-refractivity contribution in [3.63, 3.8) is 0 Å². The first kappa shape index (κ1) is 13.6. The first-order valence-corrected chi connectivity index (χ1v) is 7.87. The third-order valence-corrected chi connectivity index (χ3v) is 4.55. The van der Waals surface area contributed by atoms with Crippen LogP contribution in [0.3, 0.4) is 0 Å². The van der Waals surface area contributed by atoms with Crippen LogP contribution >= 0.6 is 23.5 Å². The molecule has 0 heterocycles. The van der Waals surface area contributed by atoms with Crippen molar-refractivity contribution in [2.45, 2.75) is 36.5 Å². The highest BCUT2D eigenvalue weighted by atomic mass is 32.2. The first-order chi connectivity index (χ1) is 7.62. The lowest BCUT2D eigenvalue weighted by molar-refractivity contribution is 1.01. The van der Waals surface area contributed by atoms with Gasteiger partial charge in [0.25, 0.3) is 0 Å². The van der Waals surface area contributed by atoms with Gasteiger partial charge in [-0.2, -0.15) is 0 Å². The predicted molar refractivity (Wildman–Crippen MR) is 77.6 cm³/mol. The highest BCUT2D eigenvalue weighted by molar-refractivity contribution is 7.99. The van der Waals surface area contributed by atoms with Crippen LogP contribution in [0.1, 0.15) is 25.0 Å². The van der Waals surface area contributed by atoms with Gasteiger partial charge in [0.2, 0.25) is 0 Å². The van der Waals surface area contributed by atoms with Crippen LogP contribution in [0, 0.1) is 0 Å². The van der Waals surface area contributed by atoms with Crippen molar-refractivity contribution >= 4 is 34.9 Å². The monoisotopic (exact) mass is 256 g/mol. The van der Waals surface area contributed by atoms with Gasteiger partial charge in [0.1, 0.15) is 0 Å². The van der Waals surface area contributed by atoms with Crippen LogP contribution in [0.25, 0.3) is 0 Å². The van der Waals surface area contributed by atoms with Gasteiger partial charge >= 0.3 is 0 Å². The zero-order valence-electron chi connectivity index (χ0n) is 10.4. The molecule has 4 N–H and O–H groups in total. The molecule has 0 saturated heterocycles. The third-order valence-electron chi connectivity index (χ3n) is 2.80. The zero-order valence-corrected chi connectivity index (χ0v) is 12.0. The fourth-order valence-electron chi connectivity index (χ4n) is 2.02. The minimum atomic E-state index is 0.877. The van der Waals surface area contributed by atoms with Gasteiger partial charge in [-0.3, -0.25) is 0 Å². The molecular formula is C12H20N2S2. The van der Waals surface area contributed by atoms with Crippen molar-refractivity contribution in [1.82, 2.24) is 0 Å². The Kier molecular flexibility index (Phi) is 4.87. The standard InChI is InChI=1S/C12H20N2S2/c1-5-7-9(13)11(15-3)8(6-2)12(16-4)10(7)14/h5-6,13-14H2,1-4H3. The molecule has 4 heteroatoms. The number of hydrogen-bond donors (Lipinski definition) is 2. The number of anilines is 2. The molecule has 16 heavy (non-hydrogen) atoms. The van der Waals surface area contributed by atoms with E-state index in [1.54, 1.807) is 23.5 Å². The van der Waals surface area contributed by atoms with Gasteiger partial charge in [-0.25, -0.2) is 0 Å². The summed E-state index contributed by atoms with van der Waals surface area (Å²) >= 11 is 3.44. The van der Waals surface area contributed by atoms with Crippen molar-refractivity contribution < 1.29 is 0 Å². The summed E-state index contributed by atoms with van der Waals surface area (Å²) in [5, 5.41) is 0. The highest BCUT2D eigenvalue weighted by Crippen LogP contribution is 2.42. The van der Waals surface area contributed by atoms with Gasteiger partial charge < -0.3 is 11.5 Å². The Morgan fingerprint density at radius 2 is 1.19 bits per heavy atom. The quantitative estimate of drug-likeness (QED) is 0.640. The van der Waals surface area contributed by atoms with Crippen LogP contribution in [0.4, 0.5) is 11.4 Å². The second kappa shape index (κ2) is 5.73. The van der Waals surface area contributed by atoms with Crippen LogP contribution in [-0.4, -0.2) is 12.5 Å². The molecule has 0 amide bonds. The summed E-state index contributed by atoms with van der Waals surface area (Å²) in [5.41, 5.74) is 16.5. The van der Waals surface area contributed by atoms with E-state index in [1.807, 2.05) is 0 Å². The molecule has 0 radical (unpaired) electrons. The van der Waals surface area contributed by atoms with E-state index in [4.69, 9.17) is 11.5 Å². The number of thioether (sulfide) groups is 2. The summed E-state index contributed by atoms with van der Waals surface area (Å²) in [6.07, 6.45) is 6.02. The summed E-state index contributed by atoms with van der Waals surface area (Å²) in [5.74, 6) is 0. The first-order valence-electron chi connectivity index (χ1n) is 5.42. The SMILES string of the molecule is CCc1c(N)c(SC)c(CC)c(SC)c1N. The molecule has 0 bridgehead atoms. The van der Waals surface area contributed by atoms with Gasteiger partial charge in [-0.15, -0.1) is 23.5 Å². The van der Waals surface area contributed by atoms with E-state index in [0.717, 1.165) is 29.8 Å². The van der Waals surface area contributed by atoms with Crippen molar-refractivity contribution in [3.05, 3.63) is 11.1 Å². The predicted octanol–water partition coefficient (Wildman–Crippen LogP) is 3.42. The number of nitrogen functional groups attached to an aromatic ring is 2. The fraction of sp³-hybridized carbons (Fsp3) is 0.500. The summed E-state index contributed by atoms with van der Waals surface area (Å²) in [6.45, 7) is 4.25. The normalized spacial score (nSPS) is 10.8. The van der Waals surface area contributed by atoms with Crippen molar-refractivity contribution in [2.24, 2.45) is 0 Å². The Labute approximate surface area is 107 Å². The molecule has 0 fully saturated rings. The fourth-order valence-corrected chi connectivity index (χ4v) is 3.75. The van der Waals surface area contributed by atoms with Crippen LogP contribution < -0.4 is 11.5 Å². The average molecular weight is 256 g/mol. The summed E-state index contributed by atoms with van der Waals surface area (Å²) in [6, 6.07) is 0. The Morgan fingerprint density at radius 3 is 1.44 bits per heavy atom. The van der Waals surface area contributed by atoms with E-state index in [0.29, 0.717) is 0 Å². The van der Waals surface area contributed by atoms with E-state index in [2.05, 4.69) is 26.4 Å². The molecular weight excluding hydrogens is 236 g/mol. The second-order valence-electron chi connectivity index (χ2n) is 3.56. The molecule has 0 spiro atoms. The Morgan fingerprint density at radius 1 is 0.812 bits per heavy atom. The van der Waals surface area contributed by atoms with Crippen LogP contribution in [0.5, 0.6) is 0 Å². The average Bonchev–Trinajstić information content (AvgIpc) is 2.29. The van der Waals surface area contributed by atoms with E-state index in [9.17, 15) is 0 Å². The maximum atomic E-state index is 6.20. The topological polar surface area (TPSA) is 52.0 Å². The number of hydrogen-bond acceptors (Lipinski definition) is 4. The van der Waals surface area contributed by atoms with Crippen molar-refractivity contribution in [2.75, 3.05) is 24.0 Å². The molecule has 0 aromatic heterocycles. The molecule has 0 aliphatic carbocycles. The van der Waals surface area contributed by atoms with Gasteiger partial charge in [0.05, 0.1) is 11.4 Å². The number of nitrogens with two attached hydrogens (primary N) is 2. The maximum absolute atomic E-state index is 6.20. The van der Waals surface area contributed by atoms with Crippen molar-refractivity contribution in [3.8, 4) is 0 Å².